The van der Waals surface area contributed by atoms with Crippen molar-refractivity contribution in [1.82, 2.24) is 0 Å². The summed E-state index contributed by atoms with van der Waals surface area (Å²) in [6.07, 6.45) is -0.172. The predicted octanol–water partition coefficient (Wildman–Crippen LogP) is 2.38. The van der Waals surface area contributed by atoms with Crippen LogP contribution >= 0.6 is 0 Å². The van der Waals surface area contributed by atoms with E-state index in [0.717, 1.165) is 0 Å². The molecule has 0 radical (unpaired) electrons. The smallest absolute Gasteiger partial charge is 0.322 e. The van der Waals surface area contributed by atoms with E-state index in [9.17, 15) is 4.79 Å². The lowest BCUT2D eigenvalue weighted by Crippen LogP contribution is -2.33. The standard InChI is InChI=1S/C14H21NO2/c1-9-7-5-6-8-13(9)10(2)12(4)17-14(16)11(3)15/h5-8,10-12H,15H2,1-4H3/t10-,11+,12+/m1/s1. The molecule has 17 heavy (non-hydrogen) atoms. The summed E-state index contributed by atoms with van der Waals surface area (Å²) in [5.74, 6) is -0.183. The molecule has 0 bridgehead atoms. The zero-order chi connectivity index (χ0) is 13.0. The Morgan fingerprint density at radius 1 is 1.24 bits per heavy atom. The maximum Gasteiger partial charge on any atom is 0.322 e. The van der Waals surface area contributed by atoms with Gasteiger partial charge in [-0.1, -0.05) is 31.2 Å². The number of rotatable bonds is 4. The molecule has 0 unspecified atom stereocenters. The van der Waals surface area contributed by atoms with Gasteiger partial charge in [-0.25, -0.2) is 0 Å². The molecule has 3 atom stereocenters. The van der Waals surface area contributed by atoms with E-state index in [1.54, 1.807) is 6.92 Å². The van der Waals surface area contributed by atoms with Crippen molar-refractivity contribution in [2.75, 3.05) is 0 Å². The third-order valence-electron chi connectivity index (χ3n) is 3.06. The molecule has 1 rings (SSSR count). The number of esters is 1. The molecule has 1 aromatic carbocycles. The minimum atomic E-state index is -0.568. The van der Waals surface area contributed by atoms with Gasteiger partial charge in [0.2, 0.25) is 0 Å². The fraction of sp³-hybridized carbons (Fsp3) is 0.500. The van der Waals surface area contributed by atoms with Gasteiger partial charge in [0.15, 0.2) is 0 Å². The van der Waals surface area contributed by atoms with E-state index in [1.165, 1.54) is 11.1 Å². The molecule has 0 saturated heterocycles. The molecule has 0 amide bonds. The number of benzene rings is 1. The number of carbonyl (C=O) groups excluding carboxylic acids is 1. The molecule has 0 saturated carbocycles. The Morgan fingerprint density at radius 3 is 2.35 bits per heavy atom. The van der Waals surface area contributed by atoms with E-state index in [1.807, 2.05) is 19.1 Å². The minimum Gasteiger partial charge on any atom is -0.461 e. The molecule has 0 spiro atoms. The van der Waals surface area contributed by atoms with Gasteiger partial charge >= 0.3 is 5.97 Å². The van der Waals surface area contributed by atoms with Crippen molar-refractivity contribution >= 4 is 5.97 Å². The van der Waals surface area contributed by atoms with Crippen LogP contribution in [0, 0.1) is 6.92 Å². The highest BCUT2D eigenvalue weighted by Gasteiger charge is 2.21. The quantitative estimate of drug-likeness (QED) is 0.815. The lowest BCUT2D eigenvalue weighted by molar-refractivity contribution is -0.150. The predicted molar refractivity (Wildman–Crippen MR) is 68.8 cm³/mol. The first kappa shape index (κ1) is 13.7. The van der Waals surface area contributed by atoms with Crippen LogP contribution in [0.1, 0.15) is 37.8 Å². The highest BCUT2D eigenvalue weighted by molar-refractivity contribution is 5.75. The largest absolute Gasteiger partial charge is 0.461 e. The zero-order valence-corrected chi connectivity index (χ0v) is 10.9. The molecule has 0 aliphatic carbocycles. The van der Waals surface area contributed by atoms with Crippen LogP contribution in [0.5, 0.6) is 0 Å². The number of carbonyl (C=O) groups is 1. The van der Waals surface area contributed by atoms with Crippen molar-refractivity contribution in [3.63, 3.8) is 0 Å². The molecule has 1 aromatic rings. The fourth-order valence-electron chi connectivity index (χ4n) is 1.74. The lowest BCUT2D eigenvalue weighted by Gasteiger charge is -2.23. The molecule has 0 aromatic heterocycles. The molecule has 0 aliphatic rings. The van der Waals surface area contributed by atoms with Crippen LogP contribution < -0.4 is 5.73 Å². The molecule has 94 valence electrons. The first-order chi connectivity index (χ1) is 7.93. The molecular formula is C14H21NO2. The van der Waals surface area contributed by atoms with Gasteiger partial charge in [-0.05, 0) is 31.9 Å². The van der Waals surface area contributed by atoms with Gasteiger partial charge in [0.05, 0.1) is 0 Å². The van der Waals surface area contributed by atoms with Gasteiger partial charge in [-0.2, -0.15) is 0 Å². The van der Waals surface area contributed by atoms with Crippen molar-refractivity contribution in [2.45, 2.75) is 45.8 Å². The highest BCUT2D eigenvalue weighted by Crippen LogP contribution is 2.24. The summed E-state index contributed by atoms with van der Waals surface area (Å²) >= 11 is 0. The first-order valence-electron chi connectivity index (χ1n) is 5.95. The normalized spacial score (nSPS) is 16.1. The molecule has 0 aliphatic heterocycles. The summed E-state index contributed by atoms with van der Waals surface area (Å²) in [6, 6.07) is 7.56. The van der Waals surface area contributed by atoms with Crippen LogP contribution in [-0.4, -0.2) is 18.1 Å². The molecule has 3 heteroatoms. The lowest BCUT2D eigenvalue weighted by atomic mass is 9.92. The van der Waals surface area contributed by atoms with Crippen molar-refractivity contribution in [3.05, 3.63) is 35.4 Å². The van der Waals surface area contributed by atoms with Gasteiger partial charge < -0.3 is 10.5 Å². The summed E-state index contributed by atoms with van der Waals surface area (Å²) in [5.41, 5.74) is 7.90. The van der Waals surface area contributed by atoms with Crippen molar-refractivity contribution in [1.29, 1.82) is 0 Å². The van der Waals surface area contributed by atoms with E-state index in [-0.39, 0.29) is 18.0 Å². The first-order valence-corrected chi connectivity index (χ1v) is 5.95. The molecule has 0 heterocycles. The zero-order valence-electron chi connectivity index (χ0n) is 10.9. The van der Waals surface area contributed by atoms with Crippen molar-refractivity contribution in [3.8, 4) is 0 Å². The number of nitrogens with two attached hydrogens (primary N) is 1. The van der Waals surface area contributed by atoms with Crippen LogP contribution in [0.15, 0.2) is 24.3 Å². The number of hydrogen-bond donors (Lipinski definition) is 1. The second-order valence-electron chi connectivity index (χ2n) is 4.58. The Kier molecular flexibility index (Phi) is 4.70. The SMILES string of the molecule is Cc1ccccc1[C@H](C)[C@H](C)OC(=O)[C@H](C)N. The average Bonchev–Trinajstić information content (AvgIpc) is 2.28. The van der Waals surface area contributed by atoms with Crippen molar-refractivity contribution < 1.29 is 9.53 Å². The highest BCUT2D eigenvalue weighted by atomic mass is 16.5. The maximum atomic E-state index is 11.4. The van der Waals surface area contributed by atoms with Crippen LogP contribution in [-0.2, 0) is 9.53 Å². The van der Waals surface area contributed by atoms with Gasteiger partial charge in [0.1, 0.15) is 12.1 Å². The van der Waals surface area contributed by atoms with E-state index >= 15 is 0 Å². The summed E-state index contributed by atoms with van der Waals surface area (Å²) in [4.78, 5) is 11.4. The van der Waals surface area contributed by atoms with E-state index in [0.29, 0.717) is 0 Å². The molecular weight excluding hydrogens is 214 g/mol. The van der Waals surface area contributed by atoms with Gasteiger partial charge in [-0.15, -0.1) is 0 Å². The topological polar surface area (TPSA) is 52.3 Å². The fourth-order valence-corrected chi connectivity index (χ4v) is 1.74. The molecule has 3 nitrogen and oxygen atoms in total. The second kappa shape index (κ2) is 5.82. The van der Waals surface area contributed by atoms with Gasteiger partial charge in [0, 0.05) is 5.92 Å². The molecule has 2 N–H and O–H groups in total. The van der Waals surface area contributed by atoms with Gasteiger partial charge in [0.25, 0.3) is 0 Å². The summed E-state index contributed by atoms with van der Waals surface area (Å²) < 4.78 is 5.32. The minimum absolute atomic E-state index is 0.166. The number of aryl methyl sites for hydroxylation is 1. The third-order valence-corrected chi connectivity index (χ3v) is 3.06. The maximum absolute atomic E-state index is 11.4. The Morgan fingerprint density at radius 2 is 1.82 bits per heavy atom. The van der Waals surface area contributed by atoms with E-state index in [2.05, 4.69) is 26.0 Å². The number of ether oxygens (including phenoxy) is 1. The van der Waals surface area contributed by atoms with Crippen LogP contribution in [0.4, 0.5) is 0 Å². The third kappa shape index (κ3) is 3.56. The number of hydrogen-bond acceptors (Lipinski definition) is 3. The Balaban J connectivity index is 2.73. The van der Waals surface area contributed by atoms with E-state index in [4.69, 9.17) is 10.5 Å². The van der Waals surface area contributed by atoms with Crippen LogP contribution in [0.25, 0.3) is 0 Å². The Hall–Kier alpha value is -1.35. The van der Waals surface area contributed by atoms with Crippen molar-refractivity contribution in [2.24, 2.45) is 5.73 Å². The Labute approximate surface area is 103 Å². The average molecular weight is 235 g/mol. The second-order valence-corrected chi connectivity index (χ2v) is 4.58. The Bertz CT molecular complexity index is 388. The summed E-state index contributed by atoms with van der Waals surface area (Å²) in [6.45, 7) is 7.65. The van der Waals surface area contributed by atoms with Crippen LogP contribution in [0.2, 0.25) is 0 Å². The van der Waals surface area contributed by atoms with E-state index < -0.39 is 6.04 Å². The molecule has 0 fully saturated rings. The monoisotopic (exact) mass is 235 g/mol. The van der Waals surface area contributed by atoms with Crippen LogP contribution in [0.3, 0.4) is 0 Å². The van der Waals surface area contributed by atoms with Gasteiger partial charge in [-0.3, -0.25) is 4.79 Å². The summed E-state index contributed by atoms with van der Waals surface area (Å²) in [5, 5.41) is 0. The summed E-state index contributed by atoms with van der Waals surface area (Å²) in [7, 11) is 0.